The Balaban J connectivity index is 1.96. The largest absolute Gasteiger partial charge is 0.462 e. The number of aryl methyl sites for hydroxylation is 1. The summed E-state index contributed by atoms with van der Waals surface area (Å²) in [5, 5.41) is 3.10. The number of carbonyl (C=O) groups excluding carboxylic acids is 2. The van der Waals surface area contributed by atoms with Gasteiger partial charge >= 0.3 is 5.97 Å². The van der Waals surface area contributed by atoms with Crippen LogP contribution in [0.1, 0.15) is 55.6 Å². The molecule has 0 bridgehead atoms. The number of anilines is 1. The second-order valence-corrected chi connectivity index (χ2v) is 7.82. The first-order valence-electron chi connectivity index (χ1n) is 9.06. The molecule has 2 aromatic carbocycles. The predicted molar refractivity (Wildman–Crippen MR) is 110 cm³/mol. The number of rotatable bonds is 6. The molecule has 4 nitrogen and oxygen atoms in total. The summed E-state index contributed by atoms with van der Waals surface area (Å²) in [6.07, 6.45) is 1.00. The second-order valence-electron chi connectivity index (χ2n) is 7.41. The fraction of sp³-hybridized carbons (Fsp3) is 0.364. The van der Waals surface area contributed by atoms with Gasteiger partial charge in [0.2, 0.25) is 5.91 Å². The predicted octanol–water partition coefficient (Wildman–Crippen LogP) is 5.39. The van der Waals surface area contributed by atoms with E-state index >= 15 is 0 Å². The van der Waals surface area contributed by atoms with Gasteiger partial charge < -0.3 is 10.1 Å². The molecular formula is C22H26ClNO3. The van der Waals surface area contributed by atoms with Crippen molar-refractivity contribution in [2.75, 3.05) is 11.9 Å². The molecule has 2 aromatic rings. The van der Waals surface area contributed by atoms with Gasteiger partial charge in [-0.2, -0.15) is 0 Å². The third-order valence-electron chi connectivity index (χ3n) is 4.21. The minimum Gasteiger partial charge on any atom is -0.462 e. The van der Waals surface area contributed by atoms with Crippen molar-refractivity contribution in [2.24, 2.45) is 0 Å². The summed E-state index contributed by atoms with van der Waals surface area (Å²) in [5.41, 5.74) is 3.26. The Morgan fingerprint density at radius 3 is 2.33 bits per heavy atom. The summed E-state index contributed by atoms with van der Waals surface area (Å²) >= 11 is 6.04. The summed E-state index contributed by atoms with van der Waals surface area (Å²) < 4.78 is 4.97. The minimum atomic E-state index is -0.502. The number of hydrogen-bond donors (Lipinski definition) is 1. The van der Waals surface area contributed by atoms with Crippen LogP contribution in [0.3, 0.4) is 0 Å². The molecule has 0 unspecified atom stereocenters. The zero-order valence-corrected chi connectivity index (χ0v) is 17.0. The summed E-state index contributed by atoms with van der Waals surface area (Å²) in [5.74, 6) is -0.621. The maximum absolute atomic E-state index is 12.2. The molecule has 2 rings (SSSR count). The summed E-state index contributed by atoms with van der Waals surface area (Å²) in [7, 11) is 0. The van der Waals surface area contributed by atoms with Crippen molar-refractivity contribution >= 4 is 29.2 Å². The molecule has 0 aliphatic heterocycles. The molecule has 0 spiro atoms. The molecule has 0 radical (unpaired) electrons. The lowest BCUT2D eigenvalue weighted by Gasteiger charge is -2.19. The van der Waals surface area contributed by atoms with Gasteiger partial charge in [0.05, 0.1) is 17.2 Å². The van der Waals surface area contributed by atoms with Crippen molar-refractivity contribution in [3.05, 3.63) is 64.2 Å². The molecule has 1 amide bonds. The fourth-order valence-corrected chi connectivity index (χ4v) is 2.82. The first kappa shape index (κ1) is 21.0. The second kappa shape index (κ2) is 9.05. The van der Waals surface area contributed by atoms with Crippen molar-refractivity contribution in [3.63, 3.8) is 0 Å². The Morgan fingerprint density at radius 1 is 1.07 bits per heavy atom. The van der Waals surface area contributed by atoms with Gasteiger partial charge in [-0.15, -0.1) is 0 Å². The van der Waals surface area contributed by atoms with Crippen molar-refractivity contribution < 1.29 is 14.3 Å². The number of halogens is 1. The summed E-state index contributed by atoms with van der Waals surface area (Å²) in [4.78, 5) is 24.1. The van der Waals surface area contributed by atoms with E-state index in [2.05, 4.69) is 50.4 Å². The van der Waals surface area contributed by atoms with Crippen LogP contribution in [0.25, 0.3) is 0 Å². The van der Waals surface area contributed by atoms with E-state index < -0.39 is 5.97 Å². The highest BCUT2D eigenvalue weighted by Gasteiger charge is 2.14. The van der Waals surface area contributed by atoms with Crippen LogP contribution in [-0.4, -0.2) is 18.5 Å². The van der Waals surface area contributed by atoms with Crippen LogP contribution in [0.4, 0.5) is 5.69 Å². The molecule has 144 valence electrons. The van der Waals surface area contributed by atoms with E-state index in [-0.39, 0.29) is 23.5 Å². The number of esters is 1. The van der Waals surface area contributed by atoms with Crippen LogP contribution in [0.2, 0.25) is 5.02 Å². The maximum Gasteiger partial charge on any atom is 0.339 e. The average molecular weight is 388 g/mol. The van der Waals surface area contributed by atoms with Crippen LogP contribution in [-0.2, 0) is 21.4 Å². The van der Waals surface area contributed by atoms with Gasteiger partial charge in [-0.25, -0.2) is 4.79 Å². The van der Waals surface area contributed by atoms with Gasteiger partial charge in [0, 0.05) is 12.1 Å². The Morgan fingerprint density at radius 2 is 1.74 bits per heavy atom. The molecule has 0 atom stereocenters. The Kier molecular flexibility index (Phi) is 7.03. The van der Waals surface area contributed by atoms with Gasteiger partial charge in [0.25, 0.3) is 0 Å². The average Bonchev–Trinajstić information content (AvgIpc) is 2.61. The van der Waals surface area contributed by atoms with Gasteiger partial charge in [-0.3, -0.25) is 4.79 Å². The summed E-state index contributed by atoms with van der Waals surface area (Å²) in [6, 6.07) is 13.1. The fourth-order valence-electron chi connectivity index (χ4n) is 2.62. The zero-order chi connectivity index (χ0) is 20.0. The molecule has 1 N–H and O–H groups in total. The third-order valence-corrected chi connectivity index (χ3v) is 4.54. The third kappa shape index (κ3) is 6.10. The molecule has 0 aliphatic carbocycles. The SMILES string of the molecule is CCOC(=O)c1cc(NC(=O)CCc2ccc(C(C)(C)C)cc2)ccc1Cl. The monoisotopic (exact) mass is 387 g/mol. The highest BCUT2D eigenvalue weighted by molar-refractivity contribution is 6.33. The van der Waals surface area contributed by atoms with E-state index in [1.54, 1.807) is 19.1 Å². The van der Waals surface area contributed by atoms with Crippen LogP contribution in [0.5, 0.6) is 0 Å². The molecule has 27 heavy (non-hydrogen) atoms. The Labute approximate surface area is 165 Å². The number of benzene rings is 2. The lowest BCUT2D eigenvalue weighted by atomic mass is 9.86. The van der Waals surface area contributed by atoms with E-state index in [4.69, 9.17) is 16.3 Å². The highest BCUT2D eigenvalue weighted by Crippen LogP contribution is 2.23. The van der Waals surface area contributed by atoms with E-state index in [0.717, 1.165) is 5.56 Å². The van der Waals surface area contributed by atoms with Gasteiger partial charge in [0.1, 0.15) is 0 Å². The smallest absolute Gasteiger partial charge is 0.339 e. The van der Waals surface area contributed by atoms with Crippen molar-refractivity contribution in [1.29, 1.82) is 0 Å². The van der Waals surface area contributed by atoms with Crippen LogP contribution < -0.4 is 5.32 Å². The van der Waals surface area contributed by atoms with Crippen LogP contribution >= 0.6 is 11.6 Å². The number of ether oxygens (including phenoxy) is 1. The number of carbonyl (C=O) groups is 2. The Bertz CT molecular complexity index is 807. The lowest BCUT2D eigenvalue weighted by Crippen LogP contribution is -2.14. The molecule has 0 saturated heterocycles. The summed E-state index contributed by atoms with van der Waals surface area (Å²) in [6.45, 7) is 8.51. The standard InChI is InChI=1S/C22H26ClNO3/c1-5-27-21(26)18-14-17(11-12-19(18)23)24-20(25)13-8-15-6-9-16(10-7-15)22(2,3)4/h6-7,9-12,14H,5,8,13H2,1-4H3,(H,24,25). The van der Waals surface area contributed by atoms with Gasteiger partial charge in [-0.1, -0.05) is 56.6 Å². The first-order chi connectivity index (χ1) is 12.7. The van der Waals surface area contributed by atoms with Crippen molar-refractivity contribution in [2.45, 2.75) is 46.0 Å². The zero-order valence-electron chi connectivity index (χ0n) is 16.3. The van der Waals surface area contributed by atoms with E-state index in [1.165, 1.54) is 11.6 Å². The Hall–Kier alpha value is -2.33. The maximum atomic E-state index is 12.2. The molecular weight excluding hydrogens is 362 g/mol. The van der Waals surface area contributed by atoms with Crippen LogP contribution in [0.15, 0.2) is 42.5 Å². The van der Waals surface area contributed by atoms with Gasteiger partial charge in [0.15, 0.2) is 0 Å². The molecule has 5 heteroatoms. The minimum absolute atomic E-state index is 0.112. The van der Waals surface area contributed by atoms with Crippen molar-refractivity contribution in [1.82, 2.24) is 0 Å². The highest BCUT2D eigenvalue weighted by atomic mass is 35.5. The normalized spacial score (nSPS) is 11.1. The first-order valence-corrected chi connectivity index (χ1v) is 9.44. The van der Waals surface area contributed by atoms with Crippen LogP contribution in [0, 0.1) is 0 Å². The molecule has 0 fully saturated rings. The lowest BCUT2D eigenvalue weighted by molar-refractivity contribution is -0.116. The topological polar surface area (TPSA) is 55.4 Å². The van der Waals surface area contributed by atoms with Gasteiger partial charge in [-0.05, 0) is 48.1 Å². The molecule has 0 aliphatic rings. The van der Waals surface area contributed by atoms with E-state index in [0.29, 0.717) is 23.6 Å². The van der Waals surface area contributed by atoms with E-state index in [9.17, 15) is 9.59 Å². The number of hydrogen-bond acceptors (Lipinski definition) is 3. The molecule has 0 heterocycles. The number of amides is 1. The quantitative estimate of drug-likeness (QED) is 0.676. The molecule has 0 saturated carbocycles. The molecule has 0 aromatic heterocycles. The van der Waals surface area contributed by atoms with Crippen molar-refractivity contribution in [3.8, 4) is 0 Å². The van der Waals surface area contributed by atoms with E-state index in [1.807, 2.05) is 0 Å². The number of nitrogens with one attached hydrogen (secondary N) is 1.